The molecule has 0 amide bonds. The second kappa shape index (κ2) is 7.69. The van der Waals surface area contributed by atoms with E-state index >= 15 is 0 Å². The van der Waals surface area contributed by atoms with Gasteiger partial charge in [0.1, 0.15) is 0 Å². The fourth-order valence-corrected chi connectivity index (χ4v) is 4.86. The summed E-state index contributed by atoms with van der Waals surface area (Å²) in [7, 11) is 2.16. The maximum Gasteiger partial charge on any atom is 0.336 e. The molecule has 1 saturated carbocycles. The van der Waals surface area contributed by atoms with Crippen molar-refractivity contribution < 1.29 is 9.90 Å². The number of rotatable bonds is 6. The van der Waals surface area contributed by atoms with Gasteiger partial charge in [-0.1, -0.05) is 36.4 Å². The molecule has 2 aliphatic rings. The molecule has 1 aliphatic heterocycles. The highest BCUT2D eigenvalue weighted by Crippen LogP contribution is 2.45. The minimum absolute atomic E-state index is 0.301. The average Bonchev–Trinajstić information content (AvgIpc) is 3.55. The molecule has 4 heteroatoms. The lowest BCUT2D eigenvalue weighted by Crippen LogP contribution is -2.17. The number of carboxylic acids is 1. The highest BCUT2D eigenvalue weighted by Gasteiger charge is 2.29. The summed E-state index contributed by atoms with van der Waals surface area (Å²) in [5.74, 6) is -0.153. The monoisotopic (exact) mass is 398 g/mol. The van der Waals surface area contributed by atoms with Crippen molar-refractivity contribution in [3.63, 3.8) is 0 Å². The maximum absolute atomic E-state index is 11.5. The van der Waals surface area contributed by atoms with E-state index in [0.717, 1.165) is 24.4 Å². The summed E-state index contributed by atoms with van der Waals surface area (Å²) in [6, 6.07) is 17.6. The average molecular weight is 399 g/mol. The zero-order valence-electron chi connectivity index (χ0n) is 17.2. The second-order valence-corrected chi connectivity index (χ2v) is 8.58. The summed E-state index contributed by atoms with van der Waals surface area (Å²) in [5, 5.41) is 9.43. The van der Waals surface area contributed by atoms with Gasteiger partial charge in [0.15, 0.2) is 0 Å². The Morgan fingerprint density at radius 1 is 1.13 bits per heavy atom. The van der Waals surface area contributed by atoms with Crippen LogP contribution in [0.5, 0.6) is 0 Å². The number of pyridine rings is 1. The Balaban J connectivity index is 1.40. The van der Waals surface area contributed by atoms with E-state index in [-0.39, 0.29) is 0 Å². The van der Waals surface area contributed by atoms with Gasteiger partial charge in [-0.05, 0) is 84.2 Å². The van der Waals surface area contributed by atoms with Crippen LogP contribution >= 0.6 is 0 Å². The number of hydrogen-bond donors (Lipinski definition) is 1. The molecule has 3 aromatic rings. The lowest BCUT2D eigenvalue weighted by Gasteiger charge is -2.20. The Labute approximate surface area is 177 Å². The van der Waals surface area contributed by atoms with E-state index in [0.29, 0.717) is 18.0 Å². The van der Waals surface area contributed by atoms with Crippen molar-refractivity contribution in [1.82, 2.24) is 9.88 Å². The number of benzene rings is 2. The van der Waals surface area contributed by atoms with Crippen LogP contribution in [-0.4, -0.2) is 28.0 Å². The van der Waals surface area contributed by atoms with Crippen molar-refractivity contribution in [2.24, 2.45) is 0 Å². The minimum atomic E-state index is -0.883. The Bertz CT molecular complexity index is 1100. The van der Waals surface area contributed by atoms with Crippen LogP contribution in [0, 0.1) is 0 Å². The number of aromatic carboxylic acids is 1. The van der Waals surface area contributed by atoms with Crippen LogP contribution in [-0.2, 0) is 13.0 Å². The first-order valence-corrected chi connectivity index (χ1v) is 10.7. The van der Waals surface area contributed by atoms with Gasteiger partial charge >= 0.3 is 5.97 Å². The molecule has 2 aromatic carbocycles. The predicted molar refractivity (Wildman–Crippen MR) is 118 cm³/mol. The molecule has 1 atom stereocenters. The van der Waals surface area contributed by atoms with Gasteiger partial charge in [-0.25, -0.2) is 4.79 Å². The lowest BCUT2D eigenvalue weighted by molar-refractivity contribution is 0.0695. The zero-order chi connectivity index (χ0) is 20.7. The van der Waals surface area contributed by atoms with Crippen LogP contribution in [0.15, 0.2) is 60.9 Å². The van der Waals surface area contributed by atoms with Crippen molar-refractivity contribution in [2.75, 3.05) is 7.05 Å². The van der Waals surface area contributed by atoms with Gasteiger partial charge < -0.3 is 5.11 Å². The first kappa shape index (κ1) is 19.0. The molecule has 5 rings (SSSR count). The quantitative estimate of drug-likeness (QED) is 0.600. The van der Waals surface area contributed by atoms with E-state index in [2.05, 4.69) is 59.4 Å². The normalized spacial score (nSPS) is 18.4. The number of carboxylic acid groups (broad SMARTS) is 1. The van der Waals surface area contributed by atoms with E-state index in [9.17, 15) is 9.90 Å². The molecule has 0 radical (unpaired) electrons. The van der Waals surface area contributed by atoms with E-state index < -0.39 is 5.97 Å². The molecule has 0 bridgehead atoms. The van der Waals surface area contributed by atoms with Gasteiger partial charge in [-0.2, -0.15) is 0 Å². The standard InChI is InChI=1S/C26H26N2O2/c1-28-16-20-14-18(22-5-3-2-4-21(22)17-6-7-17)8-10-23(20)25(28)11-9-19-15-27-13-12-24(19)26(29)30/h2-5,8,10,12-15,17,25H,6-7,9,11,16H2,1H3,(H,29,30)/t25-/m0/s1. The smallest absolute Gasteiger partial charge is 0.336 e. The predicted octanol–water partition coefficient (Wildman–Crippen LogP) is 5.44. The molecular formula is C26H26N2O2. The molecule has 2 heterocycles. The topological polar surface area (TPSA) is 53.4 Å². The number of hydrogen-bond acceptors (Lipinski definition) is 3. The fraction of sp³-hybridized carbons (Fsp3) is 0.308. The molecule has 1 aliphatic carbocycles. The van der Waals surface area contributed by atoms with Gasteiger partial charge in [-0.3, -0.25) is 9.88 Å². The van der Waals surface area contributed by atoms with Gasteiger partial charge in [0, 0.05) is 25.0 Å². The first-order chi connectivity index (χ1) is 14.6. The van der Waals surface area contributed by atoms with Crippen LogP contribution in [0.3, 0.4) is 0 Å². The van der Waals surface area contributed by atoms with Crippen molar-refractivity contribution in [1.29, 1.82) is 0 Å². The zero-order valence-corrected chi connectivity index (χ0v) is 17.2. The lowest BCUT2D eigenvalue weighted by atomic mass is 9.92. The van der Waals surface area contributed by atoms with E-state index in [1.807, 2.05) is 0 Å². The molecule has 1 N–H and O–H groups in total. The maximum atomic E-state index is 11.5. The molecule has 30 heavy (non-hydrogen) atoms. The third-order valence-corrected chi connectivity index (χ3v) is 6.56. The molecule has 1 fully saturated rings. The van der Waals surface area contributed by atoms with Crippen LogP contribution in [0.2, 0.25) is 0 Å². The highest BCUT2D eigenvalue weighted by molar-refractivity contribution is 5.89. The van der Waals surface area contributed by atoms with Crippen molar-refractivity contribution in [3.05, 3.63) is 88.7 Å². The number of carbonyl (C=O) groups is 1. The van der Waals surface area contributed by atoms with Crippen LogP contribution in [0.25, 0.3) is 11.1 Å². The summed E-state index contributed by atoms with van der Waals surface area (Å²) >= 11 is 0. The summed E-state index contributed by atoms with van der Waals surface area (Å²) < 4.78 is 0. The molecule has 0 saturated heterocycles. The Hall–Kier alpha value is -2.98. The number of aromatic nitrogens is 1. The summed E-state index contributed by atoms with van der Waals surface area (Å²) in [6.45, 7) is 0.929. The second-order valence-electron chi connectivity index (χ2n) is 8.58. The number of nitrogens with zero attached hydrogens (tertiary/aromatic N) is 2. The van der Waals surface area contributed by atoms with Gasteiger partial charge in [0.25, 0.3) is 0 Å². The minimum Gasteiger partial charge on any atom is -0.478 e. The fourth-order valence-electron chi connectivity index (χ4n) is 4.86. The third-order valence-electron chi connectivity index (χ3n) is 6.56. The van der Waals surface area contributed by atoms with Crippen LogP contribution in [0.1, 0.15) is 63.8 Å². The van der Waals surface area contributed by atoms with Crippen molar-refractivity contribution >= 4 is 5.97 Å². The summed E-state index contributed by atoms with van der Waals surface area (Å²) in [5.41, 5.74) is 8.08. The largest absolute Gasteiger partial charge is 0.478 e. The van der Waals surface area contributed by atoms with Crippen molar-refractivity contribution in [2.45, 2.75) is 44.2 Å². The van der Waals surface area contributed by atoms with E-state index in [1.165, 1.54) is 40.7 Å². The third kappa shape index (κ3) is 3.52. The summed E-state index contributed by atoms with van der Waals surface area (Å²) in [6.07, 6.45) is 7.44. The molecule has 4 nitrogen and oxygen atoms in total. The highest BCUT2D eigenvalue weighted by atomic mass is 16.4. The molecule has 0 unspecified atom stereocenters. The Morgan fingerprint density at radius 2 is 1.97 bits per heavy atom. The van der Waals surface area contributed by atoms with E-state index in [1.54, 1.807) is 18.5 Å². The van der Waals surface area contributed by atoms with Gasteiger partial charge in [0.05, 0.1) is 5.56 Å². The van der Waals surface area contributed by atoms with Crippen molar-refractivity contribution in [3.8, 4) is 11.1 Å². The molecule has 152 valence electrons. The van der Waals surface area contributed by atoms with Gasteiger partial charge in [0.2, 0.25) is 0 Å². The molecule has 0 spiro atoms. The number of aryl methyl sites for hydroxylation is 1. The summed E-state index contributed by atoms with van der Waals surface area (Å²) in [4.78, 5) is 18.0. The molecular weight excluding hydrogens is 372 g/mol. The van der Waals surface area contributed by atoms with E-state index in [4.69, 9.17) is 0 Å². The Morgan fingerprint density at radius 3 is 2.77 bits per heavy atom. The van der Waals surface area contributed by atoms with Crippen LogP contribution in [0.4, 0.5) is 0 Å². The number of fused-ring (bicyclic) bond motifs is 1. The SMILES string of the molecule is CN1Cc2cc(-c3ccccc3C3CC3)ccc2[C@@H]1CCc1cnccc1C(=O)O. The van der Waals surface area contributed by atoms with Crippen LogP contribution < -0.4 is 0 Å². The molecule has 1 aromatic heterocycles. The first-order valence-electron chi connectivity index (χ1n) is 10.7. The Kier molecular flexibility index (Phi) is 4.87. The van der Waals surface area contributed by atoms with Gasteiger partial charge in [-0.15, -0.1) is 0 Å².